The lowest BCUT2D eigenvalue weighted by Crippen LogP contribution is -2.50. The molecule has 1 aliphatic rings. The summed E-state index contributed by atoms with van der Waals surface area (Å²) >= 11 is 5.90. The van der Waals surface area contributed by atoms with Gasteiger partial charge in [-0.1, -0.05) is 18.5 Å². The lowest BCUT2D eigenvalue weighted by molar-refractivity contribution is -0.0501. The molecule has 0 spiro atoms. The first-order valence-corrected chi connectivity index (χ1v) is 8.84. The van der Waals surface area contributed by atoms with Gasteiger partial charge in [0.2, 0.25) is 0 Å². The van der Waals surface area contributed by atoms with Crippen molar-refractivity contribution in [2.24, 2.45) is 0 Å². The fourth-order valence-corrected chi connectivity index (χ4v) is 3.32. The van der Waals surface area contributed by atoms with Gasteiger partial charge in [-0.05, 0) is 52.2 Å². The molecule has 1 aromatic heterocycles. The second-order valence-electron chi connectivity index (χ2n) is 7.43. The van der Waals surface area contributed by atoms with Crippen LogP contribution in [-0.4, -0.2) is 45.4 Å². The molecule has 1 atom stereocenters. The van der Waals surface area contributed by atoms with Crippen LogP contribution in [0.15, 0.2) is 18.3 Å². The summed E-state index contributed by atoms with van der Waals surface area (Å²) in [5.41, 5.74) is -0.534. The van der Waals surface area contributed by atoms with Crippen LogP contribution in [0.2, 0.25) is 5.02 Å². The van der Waals surface area contributed by atoms with Crippen molar-refractivity contribution in [3.63, 3.8) is 0 Å². The Morgan fingerprint density at radius 1 is 1.42 bits per heavy atom. The fourth-order valence-electron chi connectivity index (χ4n) is 3.21. The number of halogens is 1. The number of piperidine rings is 1. The van der Waals surface area contributed by atoms with Gasteiger partial charge in [0.1, 0.15) is 5.60 Å². The minimum atomic E-state index is -0.867. The van der Waals surface area contributed by atoms with E-state index < -0.39 is 11.2 Å². The molecule has 5 nitrogen and oxygen atoms in total. The predicted molar refractivity (Wildman–Crippen MR) is 94.3 cm³/mol. The molecule has 2 heterocycles. The minimum Gasteiger partial charge on any atom is -0.444 e. The maximum Gasteiger partial charge on any atom is 0.410 e. The van der Waals surface area contributed by atoms with Crippen LogP contribution in [0.3, 0.4) is 0 Å². The van der Waals surface area contributed by atoms with Crippen LogP contribution in [0.5, 0.6) is 0 Å². The molecule has 1 saturated heterocycles. The Labute approximate surface area is 149 Å². The Bertz CT molecular complexity index is 561. The van der Waals surface area contributed by atoms with Crippen LogP contribution >= 0.6 is 11.6 Å². The fraction of sp³-hybridized carbons (Fsp3) is 0.667. The first kappa shape index (κ1) is 19.0. The minimum absolute atomic E-state index is 0.0736. The van der Waals surface area contributed by atoms with E-state index in [1.807, 2.05) is 33.8 Å². The molecule has 1 aliphatic heterocycles. The van der Waals surface area contributed by atoms with E-state index in [4.69, 9.17) is 16.3 Å². The predicted octanol–water partition coefficient (Wildman–Crippen LogP) is 3.99. The van der Waals surface area contributed by atoms with E-state index >= 15 is 0 Å². The van der Waals surface area contributed by atoms with Crippen molar-refractivity contribution in [1.82, 2.24) is 9.88 Å². The molecule has 24 heavy (non-hydrogen) atoms. The van der Waals surface area contributed by atoms with E-state index in [-0.39, 0.29) is 12.0 Å². The maximum absolute atomic E-state index is 12.2. The third kappa shape index (κ3) is 4.61. The van der Waals surface area contributed by atoms with Crippen LogP contribution in [0.1, 0.15) is 58.6 Å². The molecule has 1 N–H and O–H groups in total. The van der Waals surface area contributed by atoms with Crippen molar-refractivity contribution < 1.29 is 14.6 Å². The van der Waals surface area contributed by atoms with E-state index in [1.54, 1.807) is 17.2 Å². The summed E-state index contributed by atoms with van der Waals surface area (Å²) in [7, 11) is 0. The Hall–Kier alpha value is -1.33. The highest BCUT2D eigenvalue weighted by Gasteiger charge is 2.41. The summed E-state index contributed by atoms with van der Waals surface area (Å²) < 4.78 is 5.41. The molecular formula is C18H27ClN2O3. The molecular weight excluding hydrogens is 328 g/mol. The average Bonchev–Trinajstić information content (AvgIpc) is 2.48. The van der Waals surface area contributed by atoms with Gasteiger partial charge in [0.05, 0.1) is 10.6 Å². The number of aliphatic hydroxyl groups is 1. The van der Waals surface area contributed by atoms with Gasteiger partial charge in [-0.2, -0.15) is 0 Å². The highest BCUT2D eigenvalue weighted by atomic mass is 35.5. The Kier molecular flexibility index (Phi) is 5.76. The third-order valence-electron chi connectivity index (χ3n) is 4.45. The second kappa shape index (κ2) is 7.28. The summed E-state index contributed by atoms with van der Waals surface area (Å²) in [4.78, 5) is 18.2. The summed E-state index contributed by atoms with van der Waals surface area (Å²) in [5, 5.41) is 11.7. The molecule has 1 fully saturated rings. The summed E-state index contributed by atoms with van der Waals surface area (Å²) in [5.74, 6) is -0.0736. The largest absolute Gasteiger partial charge is 0.444 e. The van der Waals surface area contributed by atoms with Crippen molar-refractivity contribution in [3.8, 4) is 0 Å². The van der Waals surface area contributed by atoms with Gasteiger partial charge in [0.15, 0.2) is 0 Å². The van der Waals surface area contributed by atoms with Gasteiger partial charge in [-0.25, -0.2) is 4.79 Å². The summed E-state index contributed by atoms with van der Waals surface area (Å²) in [6, 6.07) is 3.67. The standard InChI is InChI=1S/C18H27ClN2O3/c1-5-14(15-7-6-13(19)12-20-15)18(23)8-10-21(11-9-18)16(22)24-17(2,3)4/h6-7,12,14,23H,5,8-11H2,1-4H3/t14-/m0/s1. The zero-order valence-electron chi connectivity index (χ0n) is 14.9. The summed E-state index contributed by atoms with van der Waals surface area (Å²) in [6.45, 7) is 8.56. The number of carbonyl (C=O) groups excluding carboxylic acids is 1. The molecule has 1 amide bonds. The monoisotopic (exact) mass is 354 g/mol. The lowest BCUT2D eigenvalue weighted by atomic mass is 9.76. The molecule has 134 valence electrons. The van der Waals surface area contributed by atoms with Crippen molar-refractivity contribution in [1.29, 1.82) is 0 Å². The topological polar surface area (TPSA) is 62.7 Å². The quantitative estimate of drug-likeness (QED) is 0.891. The summed E-state index contributed by atoms with van der Waals surface area (Å²) in [6.07, 6.45) is 3.09. The van der Waals surface area contributed by atoms with Gasteiger partial charge < -0.3 is 14.7 Å². The van der Waals surface area contributed by atoms with Crippen LogP contribution in [0.4, 0.5) is 4.79 Å². The van der Waals surface area contributed by atoms with Gasteiger partial charge in [-0.3, -0.25) is 4.98 Å². The lowest BCUT2D eigenvalue weighted by Gasteiger charge is -2.42. The zero-order chi connectivity index (χ0) is 18.0. The van der Waals surface area contributed by atoms with Crippen LogP contribution in [0.25, 0.3) is 0 Å². The van der Waals surface area contributed by atoms with Crippen LogP contribution in [0, 0.1) is 0 Å². The first-order chi connectivity index (χ1) is 11.1. The number of hydrogen-bond acceptors (Lipinski definition) is 4. The van der Waals surface area contributed by atoms with Crippen molar-refractivity contribution in [3.05, 3.63) is 29.0 Å². The van der Waals surface area contributed by atoms with Gasteiger partial charge >= 0.3 is 6.09 Å². The van der Waals surface area contributed by atoms with E-state index in [2.05, 4.69) is 4.98 Å². The molecule has 0 bridgehead atoms. The SMILES string of the molecule is CC[C@@H](c1ccc(Cl)cn1)C1(O)CCN(C(=O)OC(C)(C)C)CC1. The number of amides is 1. The third-order valence-corrected chi connectivity index (χ3v) is 4.67. The number of hydrogen-bond donors (Lipinski definition) is 1. The van der Waals surface area contributed by atoms with E-state index in [0.717, 1.165) is 12.1 Å². The average molecular weight is 355 g/mol. The number of ether oxygens (including phenoxy) is 1. The van der Waals surface area contributed by atoms with Crippen LogP contribution in [-0.2, 0) is 4.74 Å². The highest BCUT2D eigenvalue weighted by Crippen LogP contribution is 2.38. The van der Waals surface area contributed by atoms with Gasteiger partial charge in [0, 0.05) is 30.9 Å². The number of carbonyl (C=O) groups is 1. The molecule has 0 radical (unpaired) electrons. The number of rotatable bonds is 3. The van der Waals surface area contributed by atoms with E-state index in [9.17, 15) is 9.90 Å². The number of aromatic nitrogens is 1. The van der Waals surface area contributed by atoms with Crippen molar-refractivity contribution >= 4 is 17.7 Å². The second-order valence-corrected chi connectivity index (χ2v) is 7.87. The molecule has 0 aliphatic carbocycles. The smallest absolute Gasteiger partial charge is 0.410 e. The Morgan fingerprint density at radius 3 is 2.50 bits per heavy atom. The van der Waals surface area contributed by atoms with E-state index in [1.165, 1.54) is 0 Å². The first-order valence-electron chi connectivity index (χ1n) is 8.46. The zero-order valence-corrected chi connectivity index (χ0v) is 15.6. The Balaban J connectivity index is 2.04. The molecule has 1 aromatic rings. The molecule has 0 unspecified atom stereocenters. The number of pyridine rings is 1. The number of nitrogens with zero attached hydrogens (tertiary/aromatic N) is 2. The van der Waals surface area contributed by atoms with Gasteiger partial charge in [0.25, 0.3) is 0 Å². The van der Waals surface area contributed by atoms with Crippen LogP contribution < -0.4 is 0 Å². The normalized spacial score (nSPS) is 19.0. The number of likely N-dealkylation sites (tertiary alicyclic amines) is 1. The molecule has 0 aromatic carbocycles. The highest BCUT2D eigenvalue weighted by molar-refractivity contribution is 6.30. The molecule has 2 rings (SSSR count). The maximum atomic E-state index is 12.2. The molecule has 0 saturated carbocycles. The molecule has 6 heteroatoms. The van der Waals surface area contributed by atoms with E-state index in [0.29, 0.717) is 31.0 Å². The van der Waals surface area contributed by atoms with Gasteiger partial charge in [-0.15, -0.1) is 0 Å². The van der Waals surface area contributed by atoms with Crippen molar-refractivity contribution in [2.45, 2.75) is 64.1 Å². The van der Waals surface area contributed by atoms with Crippen molar-refractivity contribution in [2.75, 3.05) is 13.1 Å². The Morgan fingerprint density at radius 2 is 2.04 bits per heavy atom.